The van der Waals surface area contributed by atoms with Crippen molar-refractivity contribution in [1.82, 2.24) is 24.8 Å². The Morgan fingerprint density at radius 2 is 2.00 bits per heavy atom. The highest BCUT2D eigenvalue weighted by Crippen LogP contribution is 2.18. The van der Waals surface area contributed by atoms with Crippen LogP contribution in [0.5, 0.6) is 0 Å². The van der Waals surface area contributed by atoms with Crippen LogP contribution in [-0.2, 0) is 0 Å². The first-order valence-electron chi connectivity index (χ1n) is 2.09. The van der Waals surface area contributed by atoms with Gasteiger partial charge in [-0.05, 0) is 0 Å². The molecule has 0 saturated carbocycles. The molecule has 0 fully saturated rings. The van der Waals surface area contributed by atoms with Gasteiger partial charge < -0.3 is 0 Å². The van der Waals surface area contributed by atoms with E-state index in [0.29, 0.717) is 0 Å². The summed E-state index contributed by atoms with van der Waals surface area (Å²) in [6.45, 7) is 0. The van der Waals surface area contributed by atoms with Crippen molar-refractivity contribution in [3.63, 3.8) is 0 Å². The van der Waals surface area contributed by atoms with Crippen molar-refractivity contribution >= 4 is 5.65 Å². The van der Waals surface area contributed by atoms with E-state index in [9.17, 15) is 0 Å². The van der Waals surface area contributed by atoms with Crippen molar-refractivity contribution < 1.29 is 0 Å². The number of nitrogens with zero attached hydrogens (tertiary/aromatic N) is 2. The molecule has 1 aromatic rings. The van der Waals surface area contributed by atoms with Gasteiger partial charge in [-0.1, -0.05) is 0 Å². The largest absolute Gasteiger partial charge is 0.253 e. The van der Waals surface area contributed by atoms with Gasteiger partial charge in [0.1, 0.15) is 0 Å². The Bertz CT molecular complexity index is 279. The predicted molar refractivity (Wildman–Crippen MR) is 22.1 cm³/mol. The molecule has 1 aromatic heterocycles. The van der Waals surface area contributed by atoms with Crippen LogP contribution in [0.2, 0.25) is 0 Å². The molecule has 0 radical (unpaired) electrons. The van der Waals surface area contributed by atoms with E-state index >= 15 is 0 Å². The van der Waals surface area contributed by atoms with Crippen molar-refractivity contribution in [3.05, 3.63) is 0 Å². The topological polar surface area (TPSA) is 56.7 Å². The third kappa shape index (κ3) is 0.0827. The highest BCUT2D eigenvalue weighted by atomic mass is 15.8. The maximum Gasteiger partial charge on any atom is 0.212 e. The summed E-state index contributed by atoms with van der Waals surface area (Å²) >= 11 is 0. The lowest BCUT2D eigenvalue weighted by Crippen LogP contribution is -2.02. The Kier molecular flexibility index (Phi) is 0.108. The molecule has 7 heavy (non-hydrogen) atoms. The molecule has 36 valence electrons. The maximum absolute atomic E-state index is 2.98. The molecule has 0 aromatic carbocycles. The molecule has 0 unspecified atom stereocenters. The zero-order chi connectivity index (χ0) is 4.43. The smallest absolute Gasteiger partial charge is 0.212 e. The first-order chi connectivity index (χ1) is 3.45. The second-order valence-electron chi connectivity index (χ2n) is 1.68. The van der Waals surface area contributed by atoms with Gasteiger partial charge in [0.2, 0.25) is 5.82 Å². The zero-order valence-electron chi connectivity index (χ0n) is 3.39. The molecular weight excluding hydrogens is 94.1 g/mol. The van der Waals surface area contributed by atoms with Crippen LogP contribution in [0.3, 0.4) is 0 Å². The highest BCUT2D eigenvalue weighted by Gasteiger charge is 2.22. The summed E-state index contributed by atoms with van der Waals surface area (Å²) in [5, 5.41) is 8.94. The summed E-state index contributed by atoms with van der Waals surface area (Å²) in [6.07, 6.45) is 0. The number of nitrogens with one attached hydrogen (secondary N) is 3. The average molecular weight is 97.1 g/mol. The maximum atomic E-state index is 2.98. The summed E-state index contributed by atoms with van der Waals surface area (Å²) in [6, 6.07) is 0. The van der Waals surface area contributed by atoms with E-state index in [1.165, 1.54) is 0 Å². The number of hydrogen-bond donors (Lipinski definition) is 3. The first kappa shape index (κ1) is 2.15. The monoisotopic (exact) mass is 97.0 g/mol. The number of H-pyrrole nitrogens is 3. The van der Waals surface area contributed by atoms with E-state index in [4.69, 9.17) is 0 Å². The third-order valence-electron chi connectivity index (χ3n) is 1.25. The van der Waals surface area contributed by atoms with Crippen molar-refractivity contribution in [2.75, 3.05) is 0 Å². The van der Waals surface area contributed by atoms with Gasteiger partial charge in [-0.15, -0.1) is 9.54 Å². The molecule has 0 aliphatic carbocycles. The molecule has 5 heteroatoms. The number of aromatic amines is 3. The lowest BCUT2D eigenvalue weighted by atomic mass is 10.8. The van der Waals surface area contributed by atoms with Crippen molar-refractivity contribution in [2.24, 2.45) is 0 Å². The second kappa shape index (κ2) is 0.351. The van der Waals surface area contributed by atoms with Crippen LogP contribution in [0, 0.1) is 0 Å². The Hall–Kier alpha value is -1.26. The van der Waals surface area contributed by atoms with E-state index in [1.807, 2.05) is 4.80 Å². The lowest BCUT2D eigenvalue weighted by Gasteiger charge is -1.91. The minimum Gasteiger partial charge on any atom is -0.253 e. The molecule has 4 heterocycles. The fourth-order valence-corrected chi connectivity index (χ4v) is 0.805. The minimum atomic E-state index is 1.08. The van der Waals surface area contributed by atoms with Gasteiger partial charge in [-0.2, -0.15) is 0 Å². The van der Waals surface area contributed by atoms with Crippen LogP contribution in [0.25, 0.3) is 11.5 Å². The molecule has 2 bridgehead atoms. The van der Waals surface area contributed by atoms with E-state index in [0.717, 1.165) is 11.5 Å². The van der Waals surface area contributed by atoms with E-state index < -0.39 is 0 Å². The van der Waals surface area contributed by atoms with Gasteiger partial charge in [-0.3, -0.25) is 5.10 Å². The SMILES string of the molecule is [nH]1c2c3[nH]n([nH]3)n1-2. The standard InChI is InChI=1S/C2H3N5/c3-1-2-5-6(2)7(3)4-1/h3-5H. The van der Waals surface area contributed by atoms with Crippen LogP contribution in [0.1, 0.15) is 0 Å². The van der Waals surface area contributed by atoms with Crippen molar-refractivity contribution in [1.29, 1.82) is 0 Å². The molecule has 3 aliphatic heterocycles. The molecule has 3 aliphatic rings. The highest BCUT2D eigenvalue weighted by molar-refractivity contribution is 5.56. The van der Waals surface area contributed by atoms with E-state index in [-0.39, 0.29) is 0 Å². The normalized spacial score (nSPS) is 13.7. The molecule has 4 rings (SSSR count). The Balaban J connectivity index is 2.97. The number of rotatable bonds is 0. The van der Waals surface area contributed by atoms with Crippen LogP contribution >= 0.6 is 0 Å². The fraction of sp³-hybridized carbons (Fsp3) is 0. The van der Waals surface area contributed by atoms with Crippen LogP contribution in [-0.4, -0.2) is 24.8 Å². The summed E-state index contributed by atoms with van der Waals surface area (Å²) < 4.78 is 1.77. The van der Waals surface area contributed by atoms with Crippen LogP contribution in [0.4, 0.5) is 0 Å². The molecular formula is C2H3N5. The summed E-state index contributed by atoms with van der Waals surface area (Å²) in [5.74, 6) is 1.15. The lowest BCUT2D eigenvalue weighted by molar-refractivity contribution is 0.584. The first-order valence-corrected chi connectivity index (χ1v) is 2.09. The Morgan fingerprint density at radius 1 is 1.14 bits per heavy atom. The minimum absolute atomic E-state index is 1.08. The average Bonchev–Trinajstić information content (AvgIpc) is 2.10. The van der Waals surface area contributed by atoms with E-state index in [2.05, 4.69) is 15.3 Å². The van der Waals surface area contributed by atoms with Gasteiger partial charge in [0, 0.05) is 0 Å². The molecule has 0 amide bonds. The van der Waals surface area contributed by atoms with Gasteiger partial charge in [0.05, 0.1) is 0 Å². The second-order valence-corrected chi connectivity index (χ2v) is 1.68. The molecule has 0 spiro atoms. The van der Waals surface area contributed by atoms with Gasteiger partial charge in [0.25, 0.3) is 0 Å². The summed E-state index contributed by atoms with van der Waals surface area (Å²) in [5.41, 5.74) is 1.08. The summed E-state index contributed by atoms with van der Waals surface area (Å²) in [4.78, 5) is 1.88. The van der Waals surface area contributed by atoms with Gasteiger partial charge in [-0.25, -0.2) is 10.2 Å². The molecule has 5 nitrogen and oxygen atoms in total. The predicted octanol–water partition coefficient (Wildman–Crippen LogP) is -0.410. The quantitative estimate of drug-likeness (QED) is 0.341. The molecule has 0 atom stereocenters. The molecule has 0 saturated heterocycles. The zero-order valence-corrected chi connectivity index (χ0v) is 3.39. The summed E-state index contributed by atoms with van der Waals surface area (Å²) in [7, 11) is 0. The number of aromatic nitrogens is 5. The van der Waals surface area contributed by atoms with Crippen molar-refractivity contribution in [3.8, 4) is 5.82 Å². The van der Waals surface area contributed by atoms with E-state index in [1.54, 1.807) is 4.74 Å². The third-order valence-corrected chi connectivity index (χ3v) is 1.25. The van der Waals surface area contributed by atoms with Crippen LogP contribution in [0.15, 0.2) is 0 Å². The van der Waals surface area contributed by atoms with Crippen molar-refractivity contribution in [2.45, 2.75) is 0 Å². The van der Waals surface area contributed by atoms with Gasteiger partial charge in [0.15, 0.2) is 5.65 Å². The fourth-order valence-electron chi connectivity index (χ4n) is 0.805. The van der Waals surface area contributed by atoms with Gasteiger partial charge >= 0.3 is 0 Å². The number of hydrogen-bond acceptors (Lipinski definition) is 0. The Labute approximate surface area is 37.5 Å². The van der Waals surface area contributed by atoms with Crippen LogP contribution < -0.4 is 0 Å². The Morgan fingerprint density at radius 3 is 2.14 bits per heavy atom. The molecule has 3 N–H and O–H groups in total.